The molecule has 3 nitrogen and oxygen atoms in total. The highest BCUT2D eigenvalue weighted by molar-refractivity contribution is 5.92. The third kappa shape index (κ3) is 4.02. The van der Waals surface area contributed by atoms with E-state index in [2.05, 4.69) is 5.32 Å². The van der Waals surface area contributed by atoms with Crippen LogP contribution in [0.2, 0.25) is 0 Å². The van der Waals surface area contributed by atoms with Gasteiger partial charge >= 0.3 is 0 Å². The van der Waals surface area contributed by atoms with Crippen LogP contribution >= 0.6 is 0 Å². The Labute approximate surface area is 121 Å². The molecule has 0 atom stereocenters. The summed E-state index contributed by atoms with van der Waals surface area (Å²) in [5.41, 5.74) is 1.93. The zero-order chi connectivity index (χ0) is 15.4. The number of halogens is 2. The van der Waals surface area contributed by atoms with E-state index in [1.807, 2.05) is 26.0 Å². The summed E-state index contributed by atoms with van der Waals surface area (Å²) in [6.07, 6.45) is 0. The summed E-state index contributed by atoms with van der Waals surface area (Å²) in [6, 6.07) is 8.53. The number of rotatable bonds is 4. The predicted octanol–water partition coefficient (Wildman–Crippen LogP) is 3.60. The van der Waals surface area contributed by atoms with Crippen molar-refractivity contribution in [2.75, 3.05) is 11.9 Å². The Kier molecular flexibility index (Phi) is 4.52. The van der Waals surface area contributed by atoms with Gasteiger partial charge in [-0.25, -0.2) is 8.78 Å². The third-order valence-electron chi connectivity index (χ3n) is 2.89. The van der Waals surface area contributed by atoms with Gasteiger partial charge < -0.3 is 10.1 Å². The summed E-state index contributed by atoms with van der Waals surface area (Å²) >= 11 is 0. The number of nitrogens with one attached hydrogen (secondary N) is 1. The molecule has 21 heavy (non-hydrogen) atoms. The number of carbonyl (C=O) groups excluding carboxylic acids is 1. The van der Waals surface area contributed by atoms with E-state index >= 15 is 0 Å². The van der Waals surface area contributed by atoms with Gasteiger partial charge in [0.15, 0.2) is 6.61 Å². The number of aryl methyl sites for hydroxylation is 2. The van der Waals surface area contributed by atoms with E-state index in [-0.39, 0.29) is 12.3 Å². The summed E-state index contributed by atoms with van der Waals surface area (Å²) in [6.45, 7) is 3.58. The summed E-state index contributed by atoms with van der Waals surface area (Å²) in [7, 11) is 0. The number of amides is 1. The van der Waals surface area contributed by atoms with Crippen molar-refractivity contribution >= 4 is 11.6 Å². The van der Waals surface area contributed by atoms with Crippen molar-refractivity contribution in [3.63, 3.8) is 0 Å². The van der Waals surface area contributed by atoms with Crippen LogP contribution in [-0.2, 0) is 4.79 Å². The lowest BCUT2D eigenvalue weighted by Crippen LogP contribution is -2.21. The molecule has 0 aliphatic heterocycles. The molecule has 0 fully saturated rings. The van der Waals surface area contributed by atoms with Gasteiger partial charge in [0.2, 0.25) is 0 Å². The molecular formula is C16H15F2NO2. The molecule has 0 bridgehead atoms. The molecule has 1 N–H and O–H groups in total. The maximum absolute atomic E-state index is 13.4. The fraction of sp³-hybridized carbons (Fsp3) is 0.188. The normalized spacial score (nSPS) is 10.3. The smallest absolute Gasteiger partial charge is 0.262 e. The molecule has 0 heterocycles. The molecule has 2 aromatic rings. The second-order valence-electron chi connectivity index (χ2n) is 4.73. The molecule has 0 saturated carbocycles. The Morgan fingerprint density at radius 3 is 2.57 bits per heavy atom. The maximum Gasteiger partial charge on any atom is 0.262 e. The number of ether oxygens (including phenoxy) is 1. The van der Waals surface area contributed by atoms with Gasteiger partial charge in [-0.3, -0.25) is 4.79 Å². The molecule has 110 valence electrons. The van der Waals surface area contributed by atoms with Crippen LogP contribution in [0, 0.1) is 25.5 Å². The van der Waals surface area contributed by atoms with Crippen molar-refractivity contribution in [2.45, 2.75) is 13.8 Å². The lowest BCUT2D eigenvalue weighted by atomic mass is 10.1. The highest BCUT2D eigenvalue weighted by Gasteiger charge is 2.09. The molecule has 5 heteroatoms. The monoisotopic (exact) mass is 291 g/mol. The van der Waals surface area contributed by atoms with Crippen molar-refractivity contribution in [3.05, 3.63) is 59.2 Å². The van der Waals surface area contributed by atoms with Crippen LogP contribution < -0.4 is 10.1 Å². The molecular weight excluding hydrogens is 276 g/mol. The number of anilines is 1. The second-order valence-corrected chi connectivity index (χ2v) is 4.73. The second kappa shape index (κ2) is 6.35. The minimum absolute atomic E-state index is 0.0781. The fourth-order valence-corrected chi connectivity index (χ4v) is 1.88. The molecule has 0 aliphatic carbocycles. The molecule has 0 radical (unpaired) electrons. The van der Waals surface area contributed by atoms with Gasteiger partial charge in [0, 0.05) is 6.07 Å². The predicted molar refractivity (Wildman–Crippen MR) is 76.4 cm³/mol. The van der Waals surface area contributed by atoms with Gasteiger partial charge in [-0.2, -0.15) is 0 Å². The van der Waals surface area contributed by atoms with E-state index in [1.165, 1.54) is 6.07 Å². The average molecular weight is 291 g/mol. The van der Waals surface area contributed by atoms with Gasteiger partial charge in [0.1, 0.15) is 17.4 Å². The largest absolute Gasteiger partial charge is 0.483 e. The Morgan fingerprint density at radius 2 is 1.90 bits per heavy atom. The van der Waals surface area contributed by atoms with Crippen molar-refractivity contribution in [3.8, 4) is 5.75 Å². The van der Waals surface area contributed by atoms with Crippen molar-refractivity contribution < 1.29 is 18.3 Å². The number of hydrogen-bond donors (Lipinski definition) is 1. The van der Waals surface area contributed by atoms with Gasteiger partial charge in [0.05, 0.1) is 5.69 Å². The molecule has 2 aromatic carbocycles. The zero-order valence-electron chi connectivity index (χ0n) is 11.7. The van der Waals surface area contributed by atoms with Gasteiger partial charge in [-0.15, -0.1) is 0 Å². The van der Waals surface area contributed by atoms with Crippen molar-refractivity contribution in [1.82, 2.24) is 0 Å². The molecule has 0 spiro atoms. The number of benzene rings is 2. The van der Waals surface area contributed by atoms with Gasteiger partial charge in [-0.1, -0.05) is 17.7 Å². The van der Waals surface area contributed by atoms with Crippen LogP contribution in [0.5, 0.6) is 5.75 Å². The lowest BCUT2D eigenvalue weighted by Gasteiger charge is -2.10. The topological polar surface area (TPSA) is 38.3 Å². The third-order valence-corrected chi connectivity index (χ3v) is 2.89. The van der Waals surface area contributed by atoms with E-state index in [0.717, 1.165) is 17.2 Å². The summed E-state index contributed by atoms with van der Waals surface area (Å²) in [5, 5.41) is 2.33. The fourth-order valence-electron chi connectivity index (χ4n) is 1.88. The quantitative estimate of drug-likeness (QED) is 0.934. The maximum atomic E-state index is 13.4. The minimum atomic E-state index is -0.824. The Bertz CT molecular complexity index is 671. The van der Waals surface area contributed by atoms with E-state index in [4.69, 9.17) is 4.74 Å². The Hall–Kier alpha value is -2.43. The minimum Gasteiger partial charge on any atom is -0.483 e. The molecule has 0 aliphatic rings. The first-order valence-corrected chi connectivity index (χ1v) is 6.40. The molecule has 0 aromatic heterocycles. The SMILES string of the molecule is Cc1ccc(OCC(=O)Nc2ccc(F)cc2F)c(C)c1. The molecule has 0 saturated heterocycles. The summed E-state index contributed by atoms with van der Waals surface area (Å²) in [5.74, 6) is -1.44. The summed E-state index contributed by atoms with van der Waals surface area (Å²) < 4.78 is 31.5. The Balaban J connectivity index is 1.96. The standard InChI is InChI=1S/C16H15F2NO2/c1-10-3-6-15(11(2)7-10)21-9-16(20)19-14-5-4-12(17)8-13(14)18/h3-8H,9H2,1-2H3,(H,19,20). The molecule has 0 unspecified atom stereocenters. The number of carbonyl (C=O) groups is 1. The summed E-state index contributed by atoms with van der Waals surface area (Å²) in [4.78, 5) is 11.7. The first-order valence-electron chi connectivity index (χ1n) is 6.40. The lowest BCUT2D eigenvalue weighted by molar-refractivity contribution is -0.118. The van der Waals surface area contributed by atoms with Crippen LogP contribution in [0.3, 0.4) is 0 Å². The van der Waals surface area contributed by atoms with Crippen LogP contribution in [0.15, 0.2) is 36.4 Å². The van der Waals surface area contributed by atoms with Crippen molar-refractivity contribution in [1.29, 1.82) is 0 Å². The van der Waals surface area contributed by atoms with Crippen LogP contribution in [0.4, 0.5) is 14.5 Å². The zero-order valence-corrected chi connectivity index (χ0v) is 11.7. The molecule has 2 rings (SSSR count). The van der Waals surface area contributed by atoms with Crippen molar-refractivity contribution in [2.24, 2.45) is 0 Å². The van der Waals surface area contributed by atoms with E-state index < -0.39 is 17.5 Å². The van der Waals surface area contributed by atoms with Gasteiger partial charge in [-0.05, 0) is 37.6 Å². The van der Waals surface area contributed by atoms with Gasteiger partial charge in [0.25, 0.3) is 5.91 Å². The number of hydrogen-bond acceptors (Lipinski definition) is 2. The van der Waals surface area contributed by atoms with E-state index in [0.29, 0.717) is 11.8 Å². The van der Waals surface area contributed by atoms with E-state index in [9.17, 15) is 13.6 Å². The molecule has 1 amide bonds. The first kappa shape index (κ1) is 15.0. The van der Waals surface area contributed by atoms with E-state index in [1.54, 1.807) is 6.07 Å². The highest BCUT2D eigenvalue weighted by Crippen LogP contribution is 2.19. The average Bonchev–Trinajstić information content (AvgIpc) is 2.41. The van der Waals surface area contributed by atoms with Crippen LogP contribution in [-0.4, -0.2) is 12.5 Å². The first-order chi connectivity index (χ1) is 9.95. The van der Waals surface area contributed by atoms with Crippen LogP contribution in [0.25, 0.3) is 0 Å². The Morgan fingerprint density at radius 1 is 1.14 bits per heavy atom. The van der Waals surface area contributed by atoms with Crippen LogP contribution in [0.1, 0.15) is 11.1 Å². The highest BCUT2D eigenvalue weighted by atomic mass is 19.1.